The topological polar surface area (TPSA) is 252 Å². The lowest BCUT2D eigenvalue weighted by atomic mass is 9.71. The van der Waals surface area contributed by atoms with Crippen LogP contribution in [0, 0.1) is 50.4 Å². The number of carbonyl (C=O) groups is 3. The Bertz CT molecular complexity index is 4690. The Morgan fingerprint density at radius 1 is 0.561 bits per heavy atom. The van der Waals surface area contributed by atoms with Crippen molar-refractivity contribution in [1.82, 2.24) is 19.6 Å². The van der Waals surface area contributed by atoms with Crippen molar-refractivity contribution in [3.8, 4) is 69.6 Å². The summed E-state index contributed by atoms with van der Waals surface area (Å²) in [4.78, 5) is 47.6. The molecule has 8 aliphatic heterocycles. The van der Waals surface area contributed by atoms with E-state index in [0.717, 1.165) is 69.8 Å². The zero-order valence-electron chi connectivity index (χ0n) is 60.4. The van der Waals surface area contributed by atoms with Gasteiger partial charge in [-0.15, -0.1) is 0 Å². The number of nitrogens with zero attached hydrogens (tertiary/aromatic N) is 6. The van der Waals surface area contributed by atoms with Gasteiger partial charge < -0.3 is 66.7 Å². The van der Waals surface area contributed by atoms with E-state index in [9.17, 15) is 56.4 Å². The lowest BCUT2D eigenvalue weighted by Crippen LogP contribution is -2.68. The Labute approximate surface area is 612 Å². The van der Waals surface area contributed by atoms with Crippen LogP contribution < -0.4 is 42.6 Å². The number of aromatic hydroxyl groups is 1. The molecule has 29 heteroatoms. The van der Waals surface area contributed by atoms with Gasteiger partial charge in [-0.3, -0.25) is 24.4 Å². The van der Waals surface area contributed by atoms with E-state index in [4.69, 9.17) is 61.6 Å². The van der Waals surface area contributed by atoms with Crippen LogP contribution >= 0.6 is 0 Å². The van der Waals surface area contributed by atoms with Crippen LogP contribution in [0.25, 0.3) is 12.2 Å². The van der Waals surface area contributed by atoms with Gasteiger partial charge in [0.15, 0.2) is 59.6 Å². The third-order valence-electron chi connectivity index (χ3n) is 21.4. The van der Waals surface area contributed by atoms with Crippen molar-refractivity contribution in [3.05, 3.63) is 162 Å². The largest absolute Gasteiger partial charge is 0.507 e. The number of carbonyl (C=O) groups excluding carboxylic acids is 3. The molecule has 10 atom stereocenters. The second-order valence-electron chi connectivity index (χ2n) is 27.3. The van der Waals surface area contributed by atoms with Gasteiger partial charge in [0.25, 0.3) is 0 Å². The molecule has 14 rings (SSSR count). The van der Waals surface area contributed by atoms with Gasteiger partial charge in [0.05, 0.1) is 61.7 Å². The number of rotatable bonds is 17. The molecular formula is C78H78F6N6O17. The molecule has 0 saturated carbocycles. The number of esters is 3. The van der Waals surface area contributed by atoms with Crippen LogP contribution in [0.4, 0.5) is 26.3 Å². The van der Waals surface area contributed by atoms with Gasteiger partial charge in [-0.2, -0.15) is 36.9 Å². The SMILES string of the molecule is COCOc1c(OC)c(C)cc2c1[C@@H]1C3Cc4c(O)c(C)c5c(c4[C@H](COC(=O)/C=C/c4cccc(C(F)(F)F)c4)N3[C@@H](C#N)[C@H](C2)N1C)OCO5.COCOc1c(OC)c(C)cc2c1[C@@H]1C3Cc4c(OC(C)=O)c(C)c5c(c4[C@H](COC(=O)/C=C/c4cccc(C(F)(F)F)c4)N3[C@@H](C#N)[C@H](C2)N1C)OCO5. The predicted octanol–water partition coefficient (Wildman–Crippen LogP) is 11.8. The van der Waals surface area contributed by atoms with E-state index in [-0.39, 0.29) is 81.8 Å². The maximum Gasteiger partial charge on any atom is 0.416 e. The number of alkyl halides is 6. The first-order valence-electron chi connectivity index (χ1n) is 34.4. The number of phenolic OH excluding ortho intramolecular Hbond substituents is 1. The number of hydrogen-bond donors (Lipinski definition) is 1. The molecule has 8 aliphatic rings. The molecule has 2 saturated heterocycles. The molecule has 0 amide bonds. The molecule has 1 N–H and O–H groups in total. The summed E-state index contributed by atoms with van der Waals surface area (Å²) in [6.07, 6.45) is -2.87. The lowest BCUT2D eigenvalue weighted by molar-refractivity contribution is -0.144. The number of methoxy groups -OCH3 is 4. The quantitative estimate of drug-likeness (QED) is 0.0293. The predicted molar refractivity (Wildman–Crippen MR) is 370 cm³/mol. The van der Waals surface area contributed by atoms with E-state index >= 15 is 0 Å². The standard InChI is InChI=1S/C40H40F3N3O9.C38H38F3N3O8/c1-20-12-24-14-27-29(16-44)46-28(34(45(27)4)32(24)38(35(20)50-6)52-18-49-5)15-26-33(39-37(53-19-54-39)21(2)36(26)55-22(3)47)30(46)17-51-31(48)11-10-23-8-7-9-25(13-23)40(41,42)43;1-19-11-22-13-25-27(15-42)44-26(32(43(25)3)30(22)36(34(19)48-5)50-17-47-4)14-24-31(37-35(51-18-52-37)20(2)33(24)46)28(44)16-49-29(45)10-9-21-7-6-8-23(12-21)38(39,40)41/h7-13,27-30,34H,14-15,17-19H2,1-6H3;6-12,25-28,32,46H,13-14,16-18H2,1-5H3/b11-10+;10-9+/t27-,28?,29-,30-,34-;25-,26?,27-,28-,32-/m00/s1. The third kappa shape index (κ3) is 13.5. The summed E-state index contributed by atoms with van der Waals surface area (Å²) in [5.41, 5.74) is 7.50. The van der Waals surface area contributed by atoms with Crippen molar-refractivity contribution in [3.63, 3.8) is 0 Å². The number of benzene rings is 6. The molecule has 6 aromatic carbocycles. The number of likely N-dealkylation sites (N-methyl/N-ethyl adjacent to an activating group) is 2. The average molecular weight is 1490 g/mol. The summed E-state index contributed by atoms with van der Waals surface area (Å²) in [7, 11) is 10.1. The first kappa shape index (κ1) is 75.0. The summed E-state index contributed by atoms with van der Waals surface area (Å²) >= 11 is 0. The molecular weight excluding hydrogens is 1410 g/mol. The van der Waals surface area contributed by atoms with Gasteiger partial charge >= 0.3 is 30.3 Å². The van der Waals surface area contributed by atoms with Gasteiger partial charge in [-0.05, 0) is 137 Å². The van der Waals surface area contributed by atoms with E-state index in [2.05, 4.69) is 34.1 Å². The fraction of sp³-hybridized carbons (Fsp3) is 0.423. The molecule has 0 spiro atoms. The molecule has 0 aliphatic carbocycles. The summed E-state index contributed by atoms with van der Waals surface area (Å²) in [6, 6.07) is 13.1. The smallest absolute Gasteiger partial charge is 0.416 e. The van der Waals surface area contributed by atoms with Gasteiger partial charge in [0.1, 0.15) is 36.8 Å². The van der Waals surface area contributed by atoms with Crippen LogP contribution in [0.2, 0.25) is 0 Å². The highest BCUT2D eigenvalue weighted by Crippen LogP contribution is 2.61. The monoisotopic (exact) mass is 1480 g/mol. The van der Waals surface area contributed by atoms with E-state index < -0.39 is 83.7 Å². The summed E-state index contributed by atoms with van der Waals surface area (Å²) < 4.78 is 156. The summed E-state index contributed by atoms with van der Waals surface area (Å²) in [6.45, 7) is 7.88. The van der Waals surface area contributed by atoms with Crippen LogP contribution in [0.3, 0.4) is 0 Å². The van der Waals surface area contributed by atoms with E-state index in [0.29, 0.717) is 104 Å². The third-order valence-corrected chi connectivity index (χ3v) is 21.4. The second-order valence-corrected chi connectivity index (χ2v) is 27.3. The molecule has 8 heterocycles. The van der Waals surface area contributed by atoms with E-state index in [1.165, 1.54) is 57.6 Å². The van der Waals surface area contributed by atoms with Gasteiger partial charge in [0.2, 0.25) is 13.6 Å². The minimum Gasteiger partial charge on any atom is -0.507 e. The first-order valence-corrected chi connectivity index (χ1v) is 34.4. The molecule has 4 bridgehead atoms. The normalized spacial score (nSPS) is 23.0. The van der Waals surface area contributed by atoms with Crippen molar-refractivity contribution in [2.75, 3.05) is 82.9 Å². The van der Waals surface area contributed by atoms with E-state index in [1.807, 2.05) is 37.7 Å². The molecule has 6 aromatic rings. The van der Waals surface area contributed by atoms with E-state index in [1.54, 1.807) is 28.1 Å². The summed E-state index contributed by atoms with van der Waals surface area (Å²) in [5, 5.41) is 33.5. The molecule has 0 radical (unpaired) electrons. The zero-order valence-corrected chi connectivity index (χ0v) is 60.4. The fourth-order valence-electron chi connectivity index (χ4n) is 17.1. The number of halogens is 6. The van der Waals surface area contributed by atoms with Crippen LogP contribution in [0.5, 0.6) is 57.5 Å². The van der Waals surface area contributed by atoms with Crippen LogP contribution in [-0.2, 0) is 71.4 Å². The van der Waals surface area contributed by atoms with Crippen molar-refractivity contribution < 1.29 is 107 Å². The van der Waals surface area contributed by atoms with Crippen molar-refractivity contribution >= 4 is 30.1 Å². The fourth-order valence-corrected chi connectivity index (χ4v) is 17.1. The Morgan fingerprint density at radius 2 is 0.981 bits per heavy atom. The van der Waals surface area contributed by atoms with Crippen LogP contribution in [-0.4, -0.2) is 162 Å². The summed E-state index contributed by atoms with van der Waals surface area (Å²) in [5.74, 6) is 1.85. The Kier molecular flexibility index (Phi) is 20.9. The second kappa shape index (κ2) is 29.8. The number of aryl methyl sites for hydroxylation is 2. The molecule has 2 fully saturated rings. The minimum absolute atomic E-state index is 0.0197. The molecule has 2 unspecified atom stereocenters. The molecule has 564 valence electrons. The minimum atomic E-state index is -4.55. The zero-order chi connectivity index (χ0) is 76.4. The van der Waals surface area contributed by atoms with Gasteiger partial charge in [-0.25, -0.2) is 9.59 Å². The number of piperazine rings is 2. The van der Waals surface area contributed by atoms with Crippen molar-refractivity contribution in [2.45, 2.75) is 133 Å². The molecule has 107 heavy (non-hydrogen) atoms. The van der Waals surface area contributed by atoms with Gasteiger partial charge in [0, 0.05) is 102 Å². The number of hydrogen-bond acceptors (Lipinski definition) is 23. The Morgan fingerprint density at radius 3 is 1.39 bits per heavy atom. The highest BCUT2D eigenvalue weighted by molar-refractivity contribution is 5.88. The molecule has 0 aromatic heterocycles. The number of fused-ring (bicyclic) bond motifs is 18. The number of ether oxygens (including phenoxy) is 13. The lowest BCUT2D eigenvalue weighted by Gasteiger charge is -2.59. The average Bonchev–Trinajstić information content (AvgIpc) is 1.53. The number of phenols is 1. The highest BCUT2D eigenvalue weighted by Gasteiger charge is 2.60. The van der Waals surface area contributed by atoms with Crippen molar-refractivity contribution in [2.24, 2.45) is 0 Å². The Hall–Kier alpha value is -10.3. The maximum absolute atomic E-state index is 13.3. The van der Waals surface area contributed by atoms with Crippen LogP contribution in [0.1, 0.15) is 120 Å². The van der Waals surface area contributed by atoms with Crippen LogP contribution in [0.15, 0.2) is 72.8 Å². The number of nitriles is 2. The first-order chi connectivity index (χ1) is 51.2. The molecule has 23 nitrogen and oxygen atoms in total. The highest BCUT2D eigenvalue weighted by atomic mass is 19.4. The van der Waals surface area contributed by atoms with Crippen molar-refractivity contribution in [1.29, 1.82) is 10.5 Å². The maximum atomic E-state index is 13.3. The Balaban J connectivity index is 0.000000189. The van der Waals surface area contributed by atoms with Gasteiger partial charge in [-0.1, -0.05) is 36.4 Å².